The summed E-state index contributed by atoms with van der Waals surface area (Å²) in [6.45, 7) is 9.13. The van der Waals surface area contributed by atoms with Crippen LogP contribution in [0.15, 0.2) is 0 Å². The summed E-state index contributed by atoms with van der Waals surface area (Å²) in [5.41, 5.74) is -0.124. The van der Waals surface area contributed by atoms with Crippen molar-refractivity contribution in [3.05, 3.63) is 0 Å². The Kier molecular flexibility index (Phi) is 4.99. The summed E-state index contributed by atoms with van der Waals surface area (Å²) in [4.78, 5) is 0. The van der Waals surface area contributed by atoms with Crippen LogP contribution in [0.1, 0.15) is 53.4 Å². The van der Waals surface area contributed by atoms with Gasteiger partial charge in [-0.25, -0.2) is 0 Å². The first-order chi connectivity index (χ1) is 7.91. The molecule has 1 aliphatic rings. The van der Waals surface area contributed by atoms with Crippen LogP contribution in [-0.4, -0.2) is 36.6 Å². The standard InChI is InChI=1S/C14H28O3/c1-6-14(7-2)11(15)10-12(14)17-9-8-13(3,4)16-5/h11-12,15H,6-10H2,1-5H3. The van der Waals surface area contributed by atoms with E-state index in [-0.39, 0.29) is 23.2 Å². The van der Waals surface area contributed by atoms with Gasteiger partial charge in [0.15, 0.2) is 0 Å². The molecular formula is C14H28O3. The van der Waals surface area contributed by atoms with E-state index in [9.17, 15) is 5.11 Å². The van der Waals surface area contributed by atoms with Crippen LogP contribution in [0.5, 0.6) is 0 Å². The minimum atomic E-state index is -0.182. The molecule has 3 nitrogen and oxygen atoms in total. The van der Waals surface area contributed by atoms with Crippen LogP contribution >= 0.6 is 0 Å². The SMILES string of the molecule is CCC1(CC)C(O)CC1OCCC(C)(C)OC. The van der Waals surface area contributed by atoms with Crippen molar-refractivity contribution in [3.63, 3.8) is 0 Å². The molecule has 1 N–H and O–H groups in total. The van der Waals surface area contributed by atoms with Crippen LogP contribution in [-0.2, 0) is 9.47 Å². The monoisotopic (exact) mass is 244 g/mol. The summed E-state index contributed by atoms with van der Waals surface area (Å²) >= 11 is 0. The van der Waals surface area contributed by atoms with Crippen LogP contribution in [0, 0.1) is 5.41 Å². The van der Waals surface area contributed by atoms with Gasteiger partial charge in [-0.15, -0.1) is 0 Å². The van der Waals surface area contributed by atoms with Gasteiger partial charge in [-0.3, -0.25) is 0 Å². The lowest BCUT2D eigenvalue weighted by Gasteiger charge is -2.53. The maximum atomic E-state index is 9.93. The predicted molar refractivity (Wildman–Crippen MR) is 69.1 cm³/mol. The summed E-state index contributed by atoms with van der Waals surface area (Å²) in [6.07, 6.45) is 3.69. The van der Waals surface area contributed by atoms with E-state index in [1.807, 2.05) is 0 Å². The summed E-state index contributed by atoms with van der Waals surface area (Å²) in [6, 6.07) is 0. The molecule has 1 aliphatic carbocycles. The number of methoxy groups -OCH3 is 1. The summed E-state index contributed by atoms with van der Waals surface area (Å²) in [5, 5.41) is 9.93. The van der Waals surface area contributed by atoms with E-state index in [0.29, 0.717) is 6.61 Å². The lowest BCUT2D eigenvalue weighted by atomic mass is 9.60. The molecule has 0 amide bonds. The first kappa shape index (κ1) is 14.9. The molecule has 0 bridgehead atoms. The molecule has 1 saturated carbocycles. The zero-order chi connectivity index (χ0) is 13.1. The second-order valence-corrected chi connectivity index (χ2v) is 5.77. The van der Waals surface area contributed by atoms with Crippen molar-refractivity contribution < 1.29 is 14.6 Å². The van der Waals surface area contributed by atoms with Gasteiger partial charge in [0.1, 0.15) is 0 Å². The number of aliphatic hydroxyl groups is 1. The lowest BCUT2D eigenvalue weighted by Crippen LogP contribution is -2.57. The predicted octanol–water partition coefficient (Wildman–Crippen LogP) is 2.76. The molecule has 1 rings (SSSR count). The van der Waals surface area contributed by atoms with Crippen molar-refractivity contribution in [1.29, 1.82) is 0 Å². The normalized spacial score (nSPS) is 27.9. The highest BCUT2D eigenvalue weighted by atomic mass is 16.5. The molecule has 0 heterocycles. The number of hydrogen-bond donors (Lipinski definition) is 1. The minimum Gasteiger partial charge on any atom is -0.392 e. The third-order valence-corrected chi connectivity index (χ3v) is 4.63. The maximum absolute atomic E-state index is 9.93. The Morgan fingerprint density at radius 3 is 2.29 bits per heavy atom. The van der Waals surface area contributed by atoms with Crippen molar-refractivity contribution in [1.82, 2.24) is 0 Å². The molecule has 0 aromatic heterocycles. The van der Waals surface area contributed by atoms with Gasteiger partial charge in [0.2, 0.25) is 0 Å². The van der Waals surface area contributed by atoms with Gasteiger partial charge in [0.25, 0.3) is 0 Å². The fourth-order valence-corrected chi connectivity index (χ4v) is 2.69. The molecule has 0 saturated heterocycles. The molecule has 102 valence electrons. The zero-order valence-corrected chi connectivity index (χ0v) is 12.0. The molecule has 0 aliphatic heterocycles. The molecule has 0 spiro atoms. The number of rotatable bonds is 7. The summed E-state index contributed by atoms with van der Waals surface area (Å²) < 4.78 is 11.3. The summed E-state index contributed by atoms with van der Waals surface area (Å²) in [7, 11) is 1.73. The van der Waals surface area contributed by atoms with Crippen molar-refractivity contribution >= 4 is 0 Å². The van der Waals surface area contributed by atoms with E-state index in [2.05, 4.69) is 27.7 Å². The average molecular weight is 244 g/mol. The van der Waals surface area contributed by atoms with E-state index in [0.717, 1.165) is 25.7 Å². The lowest BCUT2D eigenvalue weighted by molar-refractivity contribution is -0.199. The largest absolute Gasteiger partial charge is 0.392 e. The fourth-order valence-electron chi connectivity index (χ4n) is 2.69. The molecule has 2 atom stereocenters. The molecule has 0 radical (unpaired) electrons. The average Bonchev–Trinajstić information content (AvgIpc) is 2.29. The van der Waals surface area contributed by atoms with Gasteiger partial charge in [0, 0.05) is 25.6 Å². The van der Waals surface area contributed by atoms with E-state index in [1.54, 1.807) is 7.11 Å². The number of ether oxygens (including phenoxy) is 2. The zero-order valence-electron chi connectivity index (χ0n) is 12.0. The topological polar surface area (TPSA) is 38.7 Å². The molecule has 0 aromatic carbocycles. The highest BCUT2D eigenvalue weighted by Crippen LogP contribution is 2.48. The van der Waals surface area contributed by atoms with Gasteiger partial charge in [-0.2, -0.15) is 0 Å². The quantitative estimate of drug-likeness (QED) is 0.748. The first-order valence-corrected chi connectivity index (χ1v) is 6.76. The van der Waals surface area contributed by atoms with Crippen LogP contribution in [0.4, 0.5) is 0 Å². The first-order valence-electron chi connectivity index (χ1n) is 6.76. The number of hydrogen-bond acceptors (Lipinski definition) is 3. The molecular weight excluding hydrogens is 216 g/mol. The van der Waals surface area contributed by atoms with Crippen LogP contribution in [0.2, 0.25) is 0 Å². The van der Waals surface area contributed by atoms with Crippen LogP contribution in [0.3, 0.4) is 0 Å². The second-order valence-electron chi connectivity index (χ2n) is 5.77. The van der Waals surface area contributed by atoms with Crippen molar-refractivity contribution in [2.24, 2.45) is 5.41 Å². The van der Waals surface area contributed by atoms with Gasteiger partial charge in [-0.05, 0) is 33.1 Å². The molecule has 1 fully saturated rings. The molecule has 0 aromatic rings. The van der Waals surface area contributed by atoms with Gasteiger partial charge in [-0.1, -0.05) is 13.8 Å². The van der Waals surface area contributed by atoms with Crippen LogP contribution in [0.25, 0.3) is 0 Å². The fraction of sp³-hybridized carbons (Fsp3) is 1.00. The maximum Gasteiger partial charge on any atom is 0.0680 e. The minimum absolute atomic E-state index is 0.00276. The number of aliphatic hydroxyl groups excluding tert-OH is 1. The molecule has 3 heteroatoms. The summed E-state index contributed by atoms with van der Waals surface area (Å²) in [5.74, 6) is 0. The van der Waals surface area contributed by atoms with Crippen molar-refractivity contribution in [2.75, 3.05) is 13.7 Å². The Morgan fingerprint density at radius 2 is 1.88 bits per heavy atom. The Labute approximate surface area is 105 Å². The Hall–Kier alpha value is -0.120. The smallest absolute Gasteiger partial charge is 0.0680 e. The van der Waals surface area contributed by atoms with E-state index in [1.165, 1.54) is 0 Å². The van der Waals surface area contributed by atoms with Gasteiger partial charge in [0.05, 0.1) is 17.8 Å². The third-order valence-electron chi connectivity index (χ3n) is 4.63. The van der Waals surface area contributed by atoms with Crippen molar-refractivity contribution in [3.8, 4) is 0 Å². The van der Waals surface area contributed by atoms with E-state index in [4.69, 9.17) is 9.47 Å². The Morgan fingerprint density at radius 1 is 1.29 bits per heavy atom. The Bertz CT molecular complexity index is 234. The molecule has 17 heavy (non-hydrogen) atoms. The van der Waals surface area contributed by atoms with E-state index >= 15 is 0 Å². The van der Waals surface area contributed by atoms with E-state index < -0.39 is 0 Å². The second kappa shape index (κ2) is 5.68. The van der Waals surface area contributed by atoms with Gasteiger partial charge < -0.3 is 14.6 Å². The Balaban J connectivity index is 2.38. The third kappa shape index (κ3) is 3.01. The van der Waals surface area contributed by atoms with Crippen molar-refractivity contribution in [2.45, 2.75) is 71.2 Å². The highest BCUT2D eigenvalue weighted by molar-refractivity contribution is 5.02. The van der Waals surface area contributed by atoms with Gasteiger partial charge >= 0.3 is 0 Å². The molecule has 2 unspecified atom stereocenters. The highest BCUT2D eigenvalue weighted by Gasteiger charge is 2.52. The van der Waals surface area contributed by atoms with Crippen LogP contribution < -0.4 is 0 Å².